The van der Waals surface area contributed by atoms with Gasteiger partial charge in [-0.1, -0.05) is 35.9 Å². The third kappa shape index (κ3) is 4.95. The molecule has 6 nitrogen and oxygen atoms in total. The maximum absolute atomic E-state index is 13.0. The fourth-order valence-electron chi connectivity index (χ4n) is 3.58. The molecule has 0 bridgehead atoms. The lowest BCUT2D eigenvalue weighted by Gasteiger charge is -2.23. The predicted octanol–water partition coefficient (Wildman–Crippen LogP) is 6.35. The second-order valence-corrected chi connectivity index (χ2v) is 8.21. The maximum Gasteiger partial charge on any atom is 0.358 e. The van der Waals surface area contributed by atoms with Crippen LogP contribution in [0.2, 0.25) is 5.02 Å². The SMILES string of the molecule is CCOC(=O)c1nc(-c2ccccc2OC)n(C(C)C)c1C(OSC)c1ccc(Cl)cc1. The fourth-order valence-corrected chi connectivity index (χ4v) is 4.10. The monoisotopic (exact) mass is 474 g/mol. The molecule has 1 atom stereocenters. The van der Waals surface area contributed by atoms with Crippen molar-refractivity contribution in [1.82, 2.24) is 9.55 Å². The molecule has 8 heteroatoms. The van der Waals surface area contributed by atoms with Crippen molar-refractivity contribution in [1.29, 1.82) is 0 Å². The smallest absolute Gasteiger partial charge is 0.358 e. The number of ether oxygens (including phenoxy) is 2. The number of nitrogens with zero attached hydrogens (tertiary/aromatic N) is 2. The van der Waals surface area contributed by atoms with Gasteiger partial charge < -0.3 is 18.2 Å². The Morgan fingerprint density at radius 1 is 1.16 bits per heavy atom. The number of methoxy groups -OCH3 is 1. The van der Waals surface area contributed by atoms with Gasteiger partial charge in [-0.2, -0.15) is 0 Å². The zero-order valence-corrected chi connectivity index (χ0v) is 20.4. The number of halogens is 1. The van der Waals surface area contributed by atoms with Crippen molar-refractivity contribution in [2.24, 2.45) is 0 Å². The molecular weight excluding hydrogens is 448 g/mol. The number of para-hydroxylation sites is 1. The third-order valence-corrected chi connectivity index (χ3v) is 5.53. The Morgan fingerprint density at radius 3 is 2.44 bits per heavy atom. The maximum atomic E-state index is 13.0. The lowest BCUT2D eigenvalue weighted by molar-refractivity contribution is 0.0515. The highest BCUT2D eigenvalue weighted by molar-refractivity contribution is 7.93. The molecule has 0 fully saturated rings. The van der Waals surface area contributed by atoms with Crippen molar-refractivity contribution in [2.75, 3.05) is 20.0 Å². The van der Waals surface area contributed by atoms with Crippen LogP contribution in [0.15, 0.2) is 48.5 Å². The van der Waals surface area contributed by atoms with Gasteiger partial charge >= 0.3 is 5.97 Å². The second-order valence-electron chi connectivity index (χ2n) is 7.25. The molecule has 0 aliphatic rings. The van der Waals surface area contributed by atoms with E-state index in [1.54, 1.807) is 26.2 Å². The molecule has 0 amide bonds. The van der Waals surface area contributed by atoms with Crippen LogP contribution in [0.1, 0.15) is 54.7 Å². The van der Waals surface area contributed by atoms with Crippen LogP contribution in [-0.2, 0) is 8.92 Å². The van der Waals surface area contributed by atoms with E-state index in [0.29, 0.717) is 22.3 Å². The predicted molar refractivity (Wildman–Crippen MR) is 128 cm³/mol. The van der Waals surface area contributed by atoms with E-state index in [9.17, 15) is 4.79 Å². The molecule has 0 spiro atoms. The molecule has 0 saturated heterocycles. The number of aromatic nitrogens is 2. The Labute approximate surface area is 198 Å². The minimum Gasteiger partial charge on any atom is -0.496 e. The molecule has 3 rings (SSSR count). The normalized spacial score (nSPS) is 12.1. The van der Waals surface area contributed by atoms with E-state index in [0.717, 1.165) is 11.1 Å². The summed E-state index contributed by atoms with van der Waals surface area (Å²) in [6, 6.07) is 14.9. The summed E-state index contributed by atoms with van der Waals surface area (Å²) in [4.78, 5) is 17.8. The molecule has 1 aromatic heterocycles. The van der Waals surface area contributed by atoms with Crippen LogP contribution in [0.4, 0.5) is 0 Å². The number of benzene rings is 2. The average molecular weight is 475 g/mol. The number of imidazole rings is 1. The van der Waals surface area contributed by atoms with Crippen LogP contribution in [0, 0.1) is 0 Å². The summed E-state index contributed by atoms with van der Waals surface area (Å²) in [7, 11) is 1.61. The van der Waals surface area contributed by atoms with Gasteiger partial charge in [0, 0.05) is 17.3 Å². The minimum atomic E-state index is -0.569. The highest BCUT2D eigenvalue weighted by Gasteiger charge is 2.33. The number of hydrogen-bond donors (Lipinski definition) is 0. The first kappa shape index (κ1) is 24.2. The topological polar surface area (TPSA) is 62.6 Å². The van der Waals surface area contributed by atoms with Crippen LogP contribution in [0.25, 0.3) is 11.4 Å². The first-order valence-corrected chi connectivity index (χ1v) is 11.8. The summed E-state index contributed by atoms with van der Waals surface area (Å²) in [5, 5.41) is 0.620. The van der Waals surface area contributed by atoms with Crippen molar-refractivity contribution in [3.05, 3.63) is 70.5 Å². The Bertz CT molecular complexity index is 1070. The van der Waals surface area contributed by atoms with Crippen molar-refractivity contribution in [3.8, 4) is 17.1 Å². The molecular formula is C24H27ClN2O4S. The van der Waals surface area contributed by atoms with E-state index in [1.807, 2.05) is 61.1 Å². The molecule has 0 aliphatic carbocycles. The Kier molecular flexibility index (Phi) is 8.23. The highest BCUT2D eigenvalue weighted by Crippen LogP contribution is 2.39. The summed E-state index contributed by atoms with van der Waals surface area (Å²) in [6.45, 7) is 6.09. The molecule has 0 aliphatic heterocycles. The van der Waals surface area contributed by atoms with Crippen molar-refractivity contribution in [3.63, 3.8) is 0 Å². The Morgan fingerprint density at radius 2 is 1.84 bits per heavy atom. The van der Waals surface area contributed by atoms with Gasteiger partial charge in [0.15, 0.2) is 5.69 Å². The van der Waals surface area contributed by atoms with E-state index in [1.165, 1.54) is 12.0 Å². The summed E-state index contributed by atoms with van der Waals surface area (Å²) in [5.74, 6) is 0.774. The molecule has 3 aromatic rings. The molecule has 0 saturated carbocycles. The molecule has 1 heterocycles. The first-order chi connectivity index (χ1) is 15.4. The minimum absolute atomic E-state index is 0.0270. The van der Waals surface area contributed by atoms with Crippen molar-refractivity contribution >= 4 is 29.6 Å². The highest BCUT2D eigenvalue weighted by atomic mass is 35.5. The summed E-state index contributed by atoms with van der Waals surface area (Å²) in [5.41, 5.74) is 2.47. The van der Waals surface area contributed by atoms with Gasteiger partial charge in [0.1, 0.15) is 17.7 Å². The average Bonchev–Trinajstić information content (AvgIpc) is 3.19. The van der Waals surface area contributed by atoms with Gasteiger partial charge in [0.2, 0.25) is 0 Å². The van der Waals surface area contributed by atoms with Crippen LogP contribution in [-0.4, -0.2) is 35.5 Å². The van der Waals surface area contributed by atoms with Gasteiger partial charge in [-0.3, -0.25) is 0 Å². The number of carbonyl (C=O) groups excluding carboxylic acids is 1. The second kappa shape index (κ2) is 10.9. The fraction of sp³-hybridized carbons (Fsp3) is 0.333. The van der Waals surface area contributed by atoms with Crippen LogP contribution in [0.3, 0.4) is 0 Å². The van der Waals surface area contributed by atoms with Gasteiger partial charge in [0.05, 0.1) is 25.0 Å². The standard InChI is InChI=1S/C24H27ClN2O4S/c1-6-30-24(28)20-21(22(31-32-5)16-11-13-17(25)14-12-16)27(15(2)3)23(26-20)18-9-7-8-10-19(18)29-4/h7-15,22H,6H2,1-5H3. The molecule has 0 radical (unpaired) electrons. The Hall–Kier alpha value is -2.48. The van der Waals surface area contributed by atoms with Gasteiger partial charge in [-0.15, -0.1) is 0 Å². The van der Waals surface area contributed by atoms with E-state index in [4.69, 9.17) is 30.2 Å². The Balaban J connectivity index is 2.34. The number of carbonyl (C=O) groups is 1. The largest absolute Gasteiger partial charge is 0.496 e. The lowest BCUT2D eigenvalue weighted by Crippen LogP contribution is -2.17. The molecule has 1 unspecified atom stereocenters. The summed E-state index contributed by atoms with van der Waals surface area (Å²) >= 11 is 7.33. The third-order valence-electron chi connectivity index (χ3n) is 4.89. The van der Waals surface area contributed by atoms with Crippen molar-refractivity contribution < 1.29 is 18.5 Å². The van der Waals surface area contributed by atoms with Crippen molar-refractivity contribution in [2.45, 2.75) is 32.9 Å². The van der Waals surface area contributed by atoms with Gasteiger partial charge in [-0.05, 0) is 62.6 Å². The molecule has 0 N–H and O–H groups in total. The van der Waals surface area contributed by atoms with E-state index < -0.39 is 12.1 Å². The molecule has 170 valence electrons. The molecule has 32 heavy (non-hydrogen) atoms. The quantitative estimate of drug-likeness (QED) is 0.266. The van der Waals surface area contributed by atoms with E-state index in [-0.39, 0.29) is 18.3 Å². The zero-order chi connectivity index (χ0) is 23.3. The zero-order valence-electron chi connectivity index (χ0n) is 18.8. The number of rotatable bonds is 9. The van der Waals surface area contributed by atoms with Crippen LogP contribution in [0.5, 0.6) is 5.75 Å². The van der Waals surface area contributed by atoms with Gasteiger partial charge in [0.25, 0.3) is 0 Å². The van der Waals surface area contributed by atoms with Crippen LogP contribution >= 0.6 is 23.6 Å². The lowest BCUT2D eigenvalue weighted by atomic mass is 10.0. The van der Waals surface area contributed by atoms with E-state index in [2.05, 4.69) is 0 Å². The summed E-state index contributed by atoms with van der Waals surface area (Å²) < 4.78 is 19.0. The van der Waals surface area contributed by atoms with E-state index >= 15 is 0 Å². The van der Waals surface area contributed by atoms with Crippen LogP contribution < -0.4 is 4.74 Å². The molecule has 2 aromatic carbocycles. The first-order valence-electron chi connectivity index (χ1n) is 10.3. The van der Waals surface area contributed by atoms with Gasteiger partial charge in [-0.25, -0.2) is 9.78 Å². The summed E-state index contributed by atoms with van der Waals surface area (Å²) in [6.07, 6.45) is 1.27. The number of hydrogen-bond acceptors (Lipinski definition) is 6. The number of esters is 1.